The quantitative estimate of drug-likeness (QED) is 0.468. The number of halogens is 1. The van der Waals surface area contributed by atoms with Crippen LogP contribution in [0.3, 0.4) is 0 Å². The highest BCUT2D eigenvalue weighted by molar-refractivity contribution is 6.34. The summed E-state index contributed by atoms with van der Waals surface area (Å²) in [4.78, 5) is 23.7. The van der Waals surface area contributed by atoms with Crippen LogP contribution in [0.1, 0.15) is 37.2 Å². The Morgan fingerprint density at radius 1 is 1.09 bits per heavy atom. The number of hydrogen-bond acceptors (Lipinski definition) is 5. The Hall–Kier alpha value is -2.83. The Morgan fingerprint density at radius 2 is 1.84 bits per heavy atom. The lowest BCUT2D eigenvalue weighted by atomic mass is 9.82. The van der Waals surface area contributed by atoms with Gasteiger partial charge in [-0.15, -0.1) is 0 Å². The molecule has 2 aliphatic rings. The first-order valence-electron chi connectivity index (χ1n) is 10.8. The van der Waals surface area contributed by atoms with Crippen LogP contribution in [0, 0.1) is 5.92 Å². The summed E-state index contributed by atoms with van der Waals surface area (Å²) in [5.74, 6) is 0.524. The van der Waals surface area contributed by atoms with Gasteiger partial charge in [-0.25, -0.2) is 0 Å². The number of carboxylic acids is 1. The van der Waals surface area contributed by atoms with E-state index in [1.54, 1.807) is 6.07 Å². The molecule has 0 bridgehead atoms. The largest absolute Gasteiger partial charge is 0.491 e. The molecule has 1 aromatic heterocycles. The zero-order chi connectivity index (χ0) is 22.2. The summed E-state index contributed by atoms with van der Waals surface area (Å²) in [6, 6.07) is 12.6. The van der Waals surface area contributed by atoms with Crippen LogP contribution in [0.2, 0.25) is 5.02 Å². The number of aliphatic carboxylic acids is 1. The molecule has 1 heterocycles. The average Bonchev–Trinajstić information content (AvgIpc) is 3.58. The third kappa shape index (κ3) is 4.25. The van der Waals surface area contributed by atoms with Crippen molar-refractivity contribution in [3.05, 3.63) is 63.3 Å². The Labute approximate surface area is 189 Å². The summed E-state index contributed by atoms with van der Waals surface area (Å²) in [7, 11) is 0. The fourth-order valence-corrected chi connectivity index (χ4v) is 4.32. The van der Waals surface area contributed by atoms with E-state index in [-0.39, 0.29) is 17.5 Å². The first kappa shape index (κ1) is 21.0. The lowest BCUT2D eigenvalue weighted by Gasteiger charge is -2.31. The van der Waals surface area contributed by atoms with Crippen molar-refractivity contribution in [1.82, 2.24) is 0 Å². The van der Waals surface area contributed by atoms with Gasteiger partial charge in [-0.05, 0) is 67.5 Å². The first-order valence-corrected chi connectivity index (χ1v) is 11.2. The van der Waals surface area contributed by atoms with Gasteiger partial charge in [-0.2, -0.15) is 0 Å². The Morgan fingerprint density at radius 3 is 2.53 bits per heavy atom. The maximum absolute atomic E-state index is 12.9. The van der Waals surface area contributed by atoms with Gasteiger partial charge in [-0.1, -0.05) is 17.7 Å². The second-order valence-electron chi connectivity index (χ2n) is 8.46. The number of rotatable bonds is 8. The van der Waals surface area contributed by atoms with Crippen molar-refractivity contribution in [2.75, 3.05) is 13.2 Å². The van der Waals surface area contributed by atoms with Gasteiger partial charge in [-0.3, -0.25) is 9.59 Å². The smallest absolute Gasteiger partial charge is 0.306 e. The highest BCUT2D eigenvalue weighted by Crippen LogP contribution is 2.44. The van der Waals surface area contributed by atoms with Gasteiger partial charge < -0.3 is 19.0 Å². The normalized spacial score (nSPS) is 20.2. The van der Waals surface area contributed by atoms with Gasteiger partial charge in [0, 0.05) is 11.6 Å². The average molecular weight is 455 g/mol. The standard InChI is InChI=1S/C25H23ClO6/c26-20-8-7-19(14-1-2-14)23-21(27)13-22(32-24(20)23)15-3-5-17(6-4-15)30-9-10-31-18-11-16(12-18)25(28)29/h3-8,13-14,16,18H,1-2,9-12H2,(H,28,29)/t16-,18+. The summed E-state index contributed by atoms with van der Waals surface area (Å²) in [5.41, 5.74) is 2.15. The summed E-state index contributed by atoms with van der Waals surface area (Å²) >= 11 is 6.35. The highest BCUT2D eigenvalue weighted by Gasteiger charge is 2.35. The minimum Gasteiger partial charge on any atom is -0.491 e. The molecule has 3 aromatic rings. The van der Waals surface area contributed by atoms with Crippen molar-refractivity contribution in [2.24, 2.45) is 5.92 Å². The van der Waals surface area contributed by atoms with E-state index in [4.69, 9.17) is 30.6 Å². The number of ether oxygens (including phenoxy) is 2. The molecule has 0 spiro atoms. The van der Waals surface area contributed by atoms with E-state index in [0.29, 0.717) is 59.5 Å². The summed E-state index contributed by atoms with van der Waals surface area (Å²) < 4.78 is 17.4. The van der Waals surface area contributed by atoms with Crippen molar-refractivity contribution in [2.45, 2.75) is 37.7 Å². The molecule has 0 amide bonds. The zero-order valence-corrected chi connectivity index (χ0v) is 18.1. The fraction of sp³-hybridized carbons (Fsp3) is 0.360. The molecule has 0 saturated heterocycles. The van der Waals surface area contributed by atoms with Crippen LogP contribution < -0.4 is 10.2 Å². The van der Waals surface area contributed by atoms with E-state index in [1.807, 2.05) is 30.3 Å². The molecule has 6 nitrogen and oxygen atoms in total. The summed E-state index contributed by atoms with van der Waals surface area (Å²) in [6.07, 6.45) is 3.31. The van der Waals surface area contributed by atoms with Crippen molar-refractivity contribution in [3.8, 4) is 17.1 Å². The van der Waals surface area contributed by atoms with Gasteiger partial charge in [0.2, 0.25) is 0 Å². The van der Waals surface area contributed by atoms with Gasteiger partial charge in [0.15, 0.2) is 11.0 Å². The molecule has 2 aliphatic carbocycles. The molecule has 0 atom stereocenters. The molecular weight excluding hydrogens is 432 g/mol. The molecule has 32 heavy (non-hydrogen) atoms. The molecule has 1 N–H and O–H groups in total. The topological polar surface area (TPSA) is 86.0 Å². The number of carboxylic acid groups (broad SMARTS) is 1. The van der Waals surface area contributed by atoms with Gasteiger partial charge in [0.25, 0.3) is 0 Å². The summed E-state index contributed by atoms with van der Waals surface area (Å²) in [5, 5.41) is 9.90. The predicted octanol–water partition coefficient (Wildman–Crippen LogP) is 5.25. The van der Waals surface area contributed by atoms with Crippen LogP contribution in [0.5, 0.6) is 5.75 Å². The van der Waals surface area contributed by atoms with Gasteiger partial charge in [0.1, 0.15) is 18.1 Å². The zero-order valence-electron chi connectivity index (χ0n) is 17.4. The maximum Gasteiger partial charge on any atom is 0.306 e. The number of fused-ring (bicyclic) bond motifs is 1. The van der Waals surface area contributed by atoms with E-state index >= 15 is 0 Å². The van der Waals surface area contributed by atoms with Crippen molar-refractivity contribution in [3.63, 3.8) is 0 Å². The molecule has 0 radical (unpaired) electrons. The lowest BCUT2D eigenvalue weighted by molar-refractivity contribution is -0.151. The molecule has 0 aliphatic heterocycles. The number of hydrogen-bond donors (Lipinski definition) is 1. The van der Waals surface area contributed by atoms with Crippen LogP contribution >= 0.6 is 11.6 Å². The second-order valence-corrected chi connectivity index (χ2v) is 8.87. The predicted molar refractivity (Wildman–Crippen MR) is 120 cm³/mol. The van der Waals surface area contributed by atoms with E-state index in [0.717, 1.165) is 24.0 Å². The number of carbonyl (C=O) groups is 1. The van der Waals surface area contributed by atoms with Crippen molar-refractivity contribution >= 4 is 28.5 Å². The van der Waals surface area contributed by atoms with Crippen LogP contribution in [0.25, 0.3) is 22.3 Å². The van der Waals surface area contributed by atoms with Crippen LogP contribution in [-0.2, 0) is 9.53 Å². The first-order chi connectivity index (χ1) is 15.5. The molecule has 166 valence electrons. The van der Waals surface area contributed by atoms with Crippen LogP contribution in [0.15, 0.2) is 51.7 Å². The van der Waals surface area contributed by atoms with Gasteiger partial charge >= 0.3 is 5.97 Å². The van der Waals surface area contributed by atoms with E-state index in [1.165, 1.54) is 6.07 Å². The molecule has 0 unspecified atom stereocenters. The fourth-order valence-electron chi connectivity index (χ4n) is 4.13. The Kier molecular flexibility index (Phi) is 5.66. The SMILES string of the molecule is O=c1cc(-c2ccc(OCCO[C@H]3C[C@@H](C(=O)O)C3)cc2)oc2c(Cl)ccc(C3CC3)c12. The minimum absolute atomic E-state index is 0.00475. The third-order valence-electron chi connectivity index (χ3n) is 6.17. The van der Waals surface area contributed by atoms with Crippen molar-refractivity contribution < 1.29 is 23.8 Å². The number of benzene rings is 2. The molecular formula is C25H23ClO6. The lowest BCUT2D eigenvalue weighted by Crippen LogP contribution is -2.36. The highest BCUT2D eigenvalue weighted by atomic mass is 35.5. The monoisotopic (exact) mass is 454 g/mol. The van der Waals surface area contributed by atoms with E-state index < -0.39 is 5.97 Å². The minimum atomic E-state index is -0.755. The van der Waals surface area contributed by atoms with Gasteiger partial charge in [0.05, 0.1) is 29.0 Å². The molecule has 2 saturated carbocycles. The van der Waals surface area contributed by atoms with E-state index in [9.17, 15) is 9.59 Å². The Bertz CT molecular complexity index is 1210. The second kappa shape index (κ2) is 8.60. The maximum atomic E-state index is 12.9. The molecule has 7 heteroatoms. The molecule has 5 rings (SSSR count). The van der Waals surface area contributed by atoms with E-state index in [2.05, 4.69) is 0 Å². The van der Waals surface area contributed by atoms with Crippen molar-refractivity contribution in [1.29, 1.82) is 0 Å². The third-order valence-corrected chi connectivity index (χ3v) is 6.47. The molecule has 2 fully saturated rings. The Balaban J connectivity index is 1.24. The molecule has 2 aromatic carbocycles. The van der Waals surface area contributed by atoms with Crippen LogP contribution in [0.4, 0.5) is 0 Å². The van der Waals surface area contributed by atoms with Crippen LogP contribution in [-0.4, -0.2) is 30.4 Å². The summed E-state index contributed by atoms with van der Waals surface area (Å²) in [6.45, 7) is 0.776.